The van der Waals surface area contributed by atoms with E-state index in [1.165, 1.54) is 0 Å². The van der Waals surface area contributed by atoms with Crippen molar-refractivity contribution in [2.45, 2.75) is 104 Å². The molecule has 0 radical (unpaired) electrons. The summed E-state index contributed by atoms with van der Waals surface area (Å²) in [6, 6.07) is 0. The molecule has 0 spiro atoms. The number of rotatable bonds is 13. The average molecular weight is 345 g/mol. The van der Waals surface area contributed by atoms with Gasteiger partial charge < -0.3 is 20.9 Å². The molecule has 0 aromatic rings. The molecule has 0 aromatic heterocycles. The molecule has 0 saturated carbocycles. The third-order valence-electron chi connectivity index (χ3n) is 4.28. The van der Waals surface area contributed by atoms with E-state index in [0.29, 0.717) is 6.54 Å². The molecule has 0 unspecified atom stereocenters. The van der Waals surface area contributed by atoms with Crippen molar-refractivity contribution in [1.82, 2.24) is 0 Å². The van der Waals surface area contributed by atoms with Gasteiger partial charge in [0.25, 0.3) is 0 Å². The molecule has 0 heterocycles. The molecular formula is C20H44N2O2. The quantitative estimate of drug-likeness (QED) is 0.524. The van der Waals surface area contributed by atoms with Gasteiger partial charge in [-0.05, 0) is 92.2 Å². The van der Waals surface area contributed by atoms with E-state index in [2.05, 4.69) is 55.4 Å². The van der Waals surface area contributed by atoms with Crippen molar-refractivity contribution < 1.29 is 9.47 Å². The molecule has 0 rings (SSSR count). The third-order valence-corrected chi connectivity index (χ3v) is 4.28. The molecule has 0 aromatic carbocycles. The summed E-state index contributed by atoms with van der Waals surface area (Å²) in [6.07, 6.45) is 4.91. The zero-order valence-corrected chi connectivity index (χ0v) is 17.6. The van der Waals surface area contributed by atoms with Crippen LogP contribution >= 0.6 is 0 Å². The van der Waals surface area contributed by atoms with Gasteiger partial charge >= 0.3 is 0 Å². The van der Waals surface area contributed by atoms with Crippen molar-refractivity contribution in [2.24, 2.45) is 16.9 Å². The Morgan fingerprint density at radius 1 is 0.667 bits per heavy atom. The maximum Gasteiger partial charge on any atom is 0.0639 e. The van der Waals surface area contributed by atoms with Crippen molar-refractivity contribution in [3.63, 3.8) is 0 Å². The summed E-state index contributed by atoms with van der Waals surface area (Å²) in [7, 11) is 0. The predicted octanol–water partition coefficient (Wildman–Crippen LogP) is 4.25. The van der Waals surface area contributed by atoms with Crippen LogP contribution in [-0.2, 0) is 9.47 Å². The molecule has 4 heteroatoms. The Balaban J connectivity index is 4.59. The Bertz CT molecular complexity index is 350. The summed E-state index contributed by atoms with van der Waals surface area (Å²) in [5, 5.41) is 0. The normalized spacial score (nSPS) is 14.2. The summed E-state index contributed by atoms with van der Waals surface area (Å²) < 4.78 is 12.6. The van der Waals surface area contributed by atoms with E-state index in [-0.39, 0.29) is 22.2 Å². The number of nitrogens with two attached hydrogens (primary N) is 2. The average Bonchev–Trinajstić information content (AvgIpc) is 2.39. The van der Waals surface area contributed by atoms with Crippen molar-refractivity contribution in [3.05, 3.63) is 0 Å². The molecule has 0 aliphatic rings. The van der Waals surface area contributed by atoms with E-state index in [1.807, 2.05) is 0 Å². The third kappa shape index (κ3) is 11.4. The first-order valence-corrected chi connectivity index (χ1v) is 9.49. The zero-order chi connectivity index (χ0) is 19.1. The molecule has 0 atom stereocenters. The van der Waals surface area contributed by atoms with Crippen LogP contribution in [0, 0.1) is 5.41 Å². The molecule has 0 aliphatic carbocycles. The monoisotopic (exact) mass is 344 g/mol. The minimum absolute atomic E-state index is 0.0490. The van der Waals surface area contributed by atoms with Crippen LogP contribution in [0.1, 0.15) is 87.5 Å². The highest BCUT2D eigenvalue weighted by Gasteiger charge is 2.35. The van der Waals surface area contributed by atoms with E-state index in [4.69, 9.17) is 20.9 Å². The van der Waals surface area contributed by atoms with Gasteiger partial charge in [-0.3, -0.25) is 0 Å². The smallest absolute Gasteiger partial charge is 0.0639 e. The lowest BCUT2D eigenvalue weighted by Gasteiger charge is -2.41. The van der Waals surface area contributed by atoms with Crippen LogP contribution < -0.4 is 11.5 Å². The van der Waals surface area contributed by atoms with Crippen LogP contribution in [0.3, 0.4) is 0 Å². The largest absolute Gasteiger partial charge is 0.375 e. The maximum absolute atomic E-state index is 6.43. The lowest BCUT2D eigenvalue weighted by atomic mass is 9.81. The van der Waals surface area contributed by atoms with Crippen LogP contribution in [0.5, 0.6) is 0 Å². The highest BCUT2D eigenvalue weighted by atomic mass is 16.5. The molecule has 0 amide bonds. The van der Waals surface area contributed by atoms with E-state index in [0.717, 1.165) is 45.3 Å². The molecule has 0 bridgehead atoms. The van der Waals surface area contributed by atoms with Gasteiger partial charge in [0.15, 0.2) is 0 Å². The minimum atomic E-state index is -0.202. The second-order valence-corrected chi connectivity index (χ2v) is 9.80. The van der Waals surface area contributed by atoms with E-state index in [1.54, 1.807) is 0 Å². The highest BCUT2D eigenvalue weighted by Crippen LogP contribution is 2.35. The fourth-order valence-corrected chi connectivity index (χ4v) is 3.56. The Hall–Kier alpha value is -0.160. The summed E-state index contributed by atoms with van der Waals surface area (Å²) >= 11 is 0. The molecule has 146 valence electrons. The van der Waals surface area contributed by atoms with Gasteiger partial charge in [-0.2, -0.15) is 0 Å². The van der Waals surface area contributed by atoms with Crippen LogP contribution in [0.2, 0.25) is 0 Å². The van der Waals surface area contributed by atoms with Gasteiger partial charge in [0.2, 0.25) is 0 Å². The van der Waals surface area contributed by atoms with Gasteiger partial charge in [0, 0.05) is 0 Å². The molecule has 4 nitrogen and oxygen atoms in total. The van der Waals surface area contributed by atoms with Crippen LogP contribution in [0.25, 0.3) is 0 Å². The van der Waals surface area contributed by atoms with Gasteiger partial charge in [0.05, 0.1) is 23.4 Å². The van der Waals surface area contributed by atoms with Crippen molar-refractivity contribution in [1.29, 1.82) is 0 Å². The molecule has 4 N–H and O–H groups in total. The first-order chi connectivity index (χ1) is 10.7. The summed E-state index contributed by atoms with van der Waals surface area (Å²) in [5.41, 5.74) is 10.8. The summed E-state index contributed by atoms with van der Waals surface area (Å²) in [5.74, 6) is 0. The van der Waals surface area contributed by atoms with Crippen molar-refractivity contribution >= 4 is 0 Å². The molecule has 0 aliphatic heterocycles. The molecule has 24 heavy (non-hydrogen) atoms. The van der Waals surface area contributed by atoms with Crippen LogP contribution in [0.15, 0.2) is 0 Å². The second kappa shape index (κ2) is 9.51. The zero-order valence-electron chi connectivity index (χ0n) is 17.6. The van der Waals surface area contributed by atoms with Gasteiger partial charge in [-0.25, -0.2) is 0 Å². The first-order valence-electron chi connectivity index (χ1n) is 9.49. The SMILES string of the molecule is CC(C)(COC(C)(C)CCCN)CC(C)(C)OC(C)(C)CCCN. The lowest BCUT2D eigenvalue weighted by Crippen LogP contribution is -2.42. The number of ether oxygens (including phenoxy) is 2. The topological polar surface area (TPSA) is 70.5 Å². The van der Waals surface area contributed by atoms with Gasteiger partial charge in [-0.15, -0.1) is 0 Å². The maximum atomic E-state index is 6.43. The Labute approximate surface area is 151 Å². The summed E-state index contributed by atoms with van der Waals surface area (Å²) in [6.45, 7) is 19.6. The first kappa shape index (κ1) is 23.8. The molecule has 0 saturated heterocycles. The van der Waals surface area contributed by atoms with E-state index >= 15 is 0 Å². The Morgan fingerprint density at radius 3 is 1.58 bits per heavy atom. The van der Waals surface area contributed by atoms with Crippen molar-refractivity contribution in [2.75, 3.05) is 19.7 Å². The fraction of sp³-hybridized carbons (Fsp3) is 1.00. The van der Waals surface area contributed by atoms with E-state index < -0.39 is 0 Å². The van der Waals surface area contributed by atoms with Gasteiger partial charge in [0.1, 0.15) is 0 Å². The number of hydrogen-bond donors (Lipinski definition) is 2. The highest BCUT2D eigenvalue weighted by molar-refractivity contribution is 4.84. The van der Waals surface area contributed by atoms with Crippen LogP contribution in [-0.4, -0.2) is 36.5 Å². The predicted molar refractivity (Wildman–Crippen MR) is 104 cm³/mol. The standard InChI is InChI=1S/C20H44N2O2/c1-17(2,16-23-18(3,4)11-9-13-21)15-20(7,8)24-19(5,6)12-10-14-22/h9-16,21-22H2,1-8H3. The van der Waals surface area contributed by atoms with Gasteiger partial charge in [-0.1, -0.05) is 13.8 Å². The molecule has 0 fully saturated rings. The Kier molecular flexibility index (Phi) is 9.45. The number of hydrogen-bond acceptors (Lipinski definition) is 4. The second-order valence-electron chi connectivity index (χ2n) is 9.80. The molecular weight excluding hydrogens is 300 g/mol. The van der Waals surface area contributed by atoms with Crippen LogP contribution in [0.4, 0.5) is 0 Å². The lowest BCUT2D eigenvalue weighted by molar-refractivity contribution is -0.152. The van der Waals surface area contributed by atoms with E-state index in [9.17, 15) is 0 Å². The fourth-order valence-electron chi connectivity index (χ4n) is 3.56. The minimum Gasteiger partial charge on any atom is -0.375 e. The van der Waals surface area contributed by atoms with Crippen molar-refractivity contribution in [3.8, 4) is 0 Å². The summed E-state index contributed by atoms with van der Waals surface area (Å²) in [4.78, 5) is 0. The Morgan fingerprint density at radius 2 is 1.12 bits per heavy atom.